The number of carbonyl (C=O) groups excluding carboxylic acids is 2. The van der Waals surface area contributed by atoms with E-state index < -0.39 is 11.2 Å². The number of aryl methyl sites for hydroxylation is 2. The second kappa shape index (κ2) is 11.5. The lowest BCUT2D eigenvalue weighted by Gasteiger charge is -2.47. The summed E-state index contributed by atoms with van der Waals surface area (Å²) in [5.41, 5.74) is 1.13. The molecule has 1 saturated heterocycles. The zero-order valence-corrected chi connectivity index (χ0v) is 21.4. The largest absolute Gasteiger partial charge is 0.483 e. The summed E-state index contributed by atoms with van der Waals surface area (Å²) in [5.74, 6) is 0.325. The van der Waals surface area contributed by atoms with Crippen LogP contribution in [0.3, 0.4) is 0 Å². The Morgan fingerprint density at radius 1 is 1.28 bits per heavy atom. The molecule has 8 nitrogen and oxygen atoms in total. The van der Waals surface area contributed by atoms with Crippen molar-refractivity contribution in [2.24, 2.45) is 5.92 Å². The molecule has 2 atom stereocenters. The molecule has 1 aromatic heterocycles. The van der Waals surface area contributed by atoms with Crippen LogP contribution in [0.1, 0.15) is 69.4 Å². The van der Waals surface area contributed by atoms with E-state index in [9.17, 15) is 19.5 Å². The molecule has 1 aliphatic carbocycles. The Labute approximate surface area is 212 Å². The average molecular weight is 499 g/mol. The molecular weight excluding hydrogens is 460 g/mol. The maximum absolute atomic E-state index is 12.7. The van der Waals surface area contributed by atoms with E-state index in [-0.39, 0.29) is 37.3 Å². The fourth-order valence-corrected chi connectivity index (χ4v) is 5.60. The molecule has 0 unspecified atom stereocenters. The molecule has 1 saturated carbocycles. The minimum absolute atomic E-state index is 0.00289. The van der Waals surface area contributed by atoms with Crippen molar-refractivity contribution in [3.63, 3.8) is 0 Å². The normalized spacial score (nSPS) is 21.8. The van der Waals surface area contributed by atoms with E-state index in [0.717, 1.165) is 55.9 Å². The highest BCUT2D eigenvalue weighted by Crippen LogP contribution is 2.39. The number of piperidine rings is 1. The Hall–Kier alpha value is -2.87. The number of ether oxygens (including phenoxy) is 1. The van der Waals surface area contributed by atoms with Gasteiger partial charge in [0.2, 0.25) is 5.91 Å². The van der Waals surface area contributed by atoms with Crippen LogP contribution in [0.4, 0.5) is 0 Å². The van der Waals surface area contributed by atoms with E-state index in [0.29, 0.717) is 36.4 Å². The Morgan fingerprint density at radius 3 is 2.92 bits per heavy atom. The number of unbranched alkanes of at least 4 members (excludes halogenated alkanes) is 1. The van der Waals surface area contributed by atoms with Crippen LogP contribution in [0.25, 0.3) is 11.0 Å². The number of fused-ring (bicyclic) bond motifs is 2. The van der Waals surface area contributed by atoms with E-state index in [1.165, 1.54) is 0 Å². The molecule has 1 aromatic carbocycles. The van der Waals surface area contributed by atoms with Gasteiger partial charge in [0.1, 0.15) is 11.3 Å². The van der Waals surface area contributed by atoms with E-state index in [4.69, 9.17) is 9.15 Å². The van der Waals surface area contributed by atoms with Crippen LogP contribution in [-0.2, 0) is 16.0 Å². The number of nitrogens with one attached hydrogen (secondary N) is 1. The topological polar surface area (TPSA) is 109 Å². The average Bonchev–Trinajstić information content (AvgIpc) is 2.86. The molecule has 36 heavy (non-hydrogen) atoms. The summed E-state index contributed by atoms with van der Waals surface area (Å²) in [5, 5.41) is 14.4. The summed E-state index contributed by atoms with van der Waals surface area (Å²) in [6.07, 6.45) is 7.63. The molecule has 8 heteroatoms. The molecule has 0 radical (unpaired) electrons. The maximum atomic E-state index is 12.7. The van der Waals surface area contributed by atoms with Gasteiger partial charge in [0.25, 0.3) is 5.91 Å². The summed E-state index contributed by atoms with van der Waals surface area (Å²) >= 11 is 0. The van der Waals surface area contributed by atoms with Crippen LogP contribution in [0.2, 0.25) is 0 Å². The van der Waals surface area contributed by atoms with Crippen molar-refractivity contribution < 1.29 is 23.8 Å². The number of likely N-dealkylation sites (tertiary alicyclic amines) is 1. The van der Waals surface area contributed by atoms with Gasteiger partial charge in [0.15, 0.2) is 6.61 Å². The first-order valence-corrected chi connectivity index (χ1v) is 13.3. The number of aliphatic hydroxyl groups is 1. The van der Waals surface area contributed by atoms with Crippen LogP contribution in [0.5, 0.6) is 5.75 Å². The van der Waals surface area contributed by atoms with Gasteiger partial charge in [0, 0.05) is 49.0 Å². The van der Waals surface area contributed by atoms with Gasteiger partial charge in [0.05, 0.1) is 5.60 Å². The predicted molar refractivity (Wildman–Crippen MR) is 137 cm³/mol. The van der Waals surface area contributed by atoms with E-state index in [1.807, 2.05) is 17.9 Å². The Kier molecular flexibility index (Phi) is 8.34. The van der Waals surface area contributed by atoms with Crippen LogP contribution < -0.4 is 15.7 Å². The minimum Gasteiger partial charge on any atom is -0.483 e. The highest BCUT2D eigenvalue weighted by atomic mass is 16.5. The summed E-state index contributed by atoms with van der Waals surface area (Å²) in [6, 6.07) is 5.22. The van der Waals surface area contributed by atoms with Gasteiger partial charge in [-0.1, -0.05) is 26.2 Å². The van der Waals surface area contributed by atoms with Gasteiger partial charge in [-0.05, 0) is 56.7 Å². The first-order valence-electron chi connectivity index (χ1n) is 13.3. The SMILES string of the molecule is CCCCc1cc(=O)oc2c(C)c(OCC(=O)NCCC(=O)N3CC[C@@]4(O)CCCC[C@@H]4C3)ccc12. The fraction of sp³-hybridized carbons (Fsp3) is 0.607. The number of carbonyl (C=O) groups is 2. The molecule has 0 bridgehead atoms. The molecule has 196 valence electrons. The predicted octanol–water partition coefficient (Wildman–Crippen LogP) is 3.48. The first kappa shape index (κ1) is 26.2. The summed E-state index contributed by atoms with van der Waals surface area (Å²) < 4.78 is 11.2. The molecule has 2 heterocycles. The van der Waals surface area contributed by atoms with E-state index in [1.54, 1.807) is 12.1 Å². The zero-order valence-electron chi connectivity index (χ0n) is 21.4. The summed E-state index contributed by atoms with van der Waals surface area (Å²) in [4.78, 5) is 38.9. The molecule has 2 aliphatic rings. The zero-order chi connectivity index (χ0) is 25.7. The van der Waals surface area contributed by atoms with Crippen molar-refractivity contribution in [2.45, 2.75) is 77.2 Å². The highest BCUT2D eigenvalue weighted by Gasteiger charge is 2.43. The van der Waals surface area contributed by atoms with E-state index >= 15 is 0 Å². The molecule has 2 N–H and O–H groups in total. The second-order valence-electron chi connectivity index (χ2n) is 10.3. The third-order valence-corrected chi connectivity index (χ3v) is 7.80. The number of nitrogens with zero attached hydrogens (tertiary/aromatic N) is 1. The minimum atomic E-state index is -0.610. The lowest BCUT2D eigenvalue weighted by Crippen LogP contribution is -2.54. The smallest absolute Gasteiger partial charge is 0.336 e. The summed E-state index contributed by atoms with van der Waals surface area (Å²) in [6.45, 7) is 5.13. The van der Waals surface area contributed by atoms with Gasteiger partial charge < -0.3 is 24.5 Å². The summed E-state index contributed by atoms with van der Waals surface area (Å²) in [7, 11) is 0. The molecule has 2 fully saturated rings. The van der Waals surface area contributed by atoms with E-state index in [2.05, 4.69) is 12.2 Å². The third-order valence-electron chi connectivity index (χ3n) is 7.80. The molecule has 2 aromatic rings. The lowest BCUT2D eigenvalue weighted by atomic mass is 9.71. The van der Waals surface area contributed by atoms with Crippen molar-refractivity contribution in [3.05, 3.63) is 39.7 Å². The number of hydrogen-bond donors (Lipinski definition) is 2. The van der Waals surface area contributed by atoms with Crippen LogP contribution >= 0.6 is 0 Å². The Balaban J connectivity index is 1.26. The highest BCUT2D eigenvalue weighted by molar-refractivity contribution is 5.85. The van der Waals surface area contributed by atoms with Gasteiger partial charge in [-0.15, -0.1) is 0 Å². The van der Waals surface area contributed by atoms with Gasteiger partial charge >= 0.3 is 5.63 Å². The fourth-order valence-electron chi connectivity index (χ4n) is 5.60. The number of amides is 2. The number of benzene rings is 1. The molecule has 1 aliphatic heterocycles. The molecule has 0 spiro atoms. The van der Waals surface area contributed by atoms with Crippen molar-refractivity contribution in [3.8, 4) is 5.75 Å². The first-order chi connectivity index (χ1) is 17.3. The molecular formula is C28H38N2O6. The quantitative estimate of drug-likeness (QED) is 0.513. The third kappa shape index (κ3) is 5.91. The van der Waals surface area contributed by atoms with Gasteiger partial charge in [-0.25, -0.2) is 4.79 Å². The van der Waals surface area contributed by atoms with Crippen molar-refractivity contribution in [1.82, 2.24) is 10.2 Å². The monoisotopic (exact) mass is 498 g/mol. The lowest BCUT2D eigenvalue weighted by molar-refractivity contribution is -0.143. The number of hydrogen-bond acceptors (Lipinski definition) is 6. The maximum Gasteiger partial charge on any atom is 0.336 e. The number of rotatable bonds is 9. The van der Waals surface area contributed by atoms with Gasteiger partial charge in [-0.2, -0.15) is 0 Å². The van der Waals surface area contributed by atoms with Crippen molar-refractivity contribution >= 4 is 22.8 Å². The van der Waals surface area contributed by atoms with Crippen LogP contribution in [0, 0.1) is 12.8 Å². The Morgan fingerprint density at radius 2 is 2.11 bits per heavy atom. The standard InChI is InChI=1S/C28H38N2O6/c1-3-4-7-20-16-26(33)36-27-19(2)23(10-9-22(20)27)35-18-24(31)29-14-11-25(32)30-15-13-28(34)12-6-5-8-21(28)17-30/h9-10,16,21,34H,3-8,11-15,17-18H2,1-2H3,(H,29,31)/t21-,28+/m1/s1. The van der Waals surface area contributed by atoms with Gasteiger partial charge in [-0.3, -0.25) is 9.59 Å². The van der Waals surface area contributed by atoms with Crippen LogP contribution in [0.15, 0.2) is 27.4 Å². The Bertz CT molecular complexity index is 1160. The van der Waals surface area contributed by atoms with Crippen molar-refractivity contribution in [2.75, 3.05) is 26.2 Å². The molecule has 2 amide bonds. The van der Waals surface area contributed by atoms with Crippen LogP contribution in [-0.4, -0.2) is 53.7 Å². The van der Waals surface area contributed by atoms with Crippen molar-refractivity contribution in [1.29, 1.82) is 0 Å². The second-order valence-corrected chi connectivity index (χ2v) is 10.3. The molecule has 4 rings (SSSR count).